The van der Waals surface area contributed by atoms with Gasteiger partial charge in [-0.25, -0.2) is 0 Å². The van der Waals surface area contributed by atoms with Crippen molar-refractivity contribution in [3.8, 4) is 0 Å². The number of hydrogen-bond acceptors (Lipinski definition) is 5. The highest BCUT2D eigenvalue weighted by Crippen LogP contribution is 2.32. The highest BCUT2D eigenvalue weighted by Gasteiger charge is 2.44. The summed E-state index contributed by atoms with van der Waals surface area (Å²) in [6.07, 6.45) is 10.3. The molecule has 0 spiro atoms. The average molecular weight is 510 g/mol. The maximum atomic E-state index is 14.1. The van der Waals surface area contributed by atoms with E-state index < -0.39 is 18.1 Å². The Labute approximate surface area is 221 Å². The van der Waals surface area contributed by atoms with Gasteiger partial charge in [0, 0.05) is 13.0 Å². The Hall–Kier alpha value is -2.74. The van der Waals surface area contributed by atoms with Crippen molar-refractivity contribution in [2.45, 2.75) is 102 Å². The Kier molecular flexibility index (Phi) is 9.35. The van der Waals surface area contributed by atoms with E-state index in [4.69, 9.17) is 0 Å². The summed E-state index contributed by atoms with van der Waals surface area (Å²) in [5.41, 5.74) is 2.46. The van der Waals surface area contributed by atoms with Gasteiger partial charge in [-0.15, -0.1) is 0 Å². The van der Waals surface area contributed by atoms with E-state index >= 15 is 0 Å². The van der Waals surface area contributed by atoms with Crippen molar-refractivity contribution in [1.82, 2.24) is 20.9 Å². The SMILES string of the molecule is CC=NC1C[C@@H](C(=O)N[C@@H]2CCCc3ccccc32)N(C(=O)[C@@H](NC(=O)[C@H](C)NC)C2CCCCC2)C1. The topological polar surface area (TPSA) is 103 Å². The van der Waals surface area contributed by atoms with Crippen molar-refractivity contribution in [1.29, 1.82) is 0 Å². The lowest BCUT2D eigenvalue weighted by molar-refractivity contribution is -0.143. The highest BCUT2D eigenvalue weighted by atomic mass is 16.2. The number of likely N-dealkylation sites (N-methyl/N-ethyl adjacent to an activating group) is 1. The molecular weight excluding hydrogens is 466 g/mol. The number of aryl methyl sites for hydroxylation is 1. The molecule has 0 aromatic heterocycles. The Morgan fingerprint density at radius 3 is 2.57 bits per heavy atom. The first-order valence-electron chi connectivity index (χ1n) is 14.1. The summed E-state index contributed by atoms with van der Waals surface area (Å²) in [5, 5.41) is 9.29. The van der Waals surface area contributed by atoms with Gasteiger partial charge in [0.25, 0.3) is 0 Å². The summed E-state index contributed by atoms with van der Waals surface area (Å²) < 4.78 is 0. The summed E-state index contributed by atoms with van der Waals surface area (Å²) in [5.74, 6) is -0.381. The third kappa shape index (κ3) is 6.40. The Balaban J connectivity index is 1.55. The number of nitrogens with one attached hydrogen (secondary N) is 3. The molecule has 1 heterocycles. The molecule has 5 atom stereocenters. The van der Waals surface area contributed by atoms with Crippen molar-refractivity contribution in [3.63, 3.8) is 0 Å². The maximum Gasteiger partial charge on any atom is 0.246 e. The van der Waals surface area contributed by atoms with Gasteiger partial charge in [0.05, 0.1) is 18.1 Å². The first-order valence-corrected chi connectivity index (χ1v) is 14.1. The van der Waals surface area contributed by atoms with Gasteiger partial charge in [0.2, 0.25) is 17.7 Å². The molecule has 0 radical (unpaired) electrons. The number of nitrogens with zero attached hydrogens (tertiary/aromatic N) is 2. The van der Waals surface area contributed by atoms with E-state index in [-0.39, 0.29) is 35.7 Å². The minimum atomic E-state index is -0.626. The summed E-state index contributed by atoms with van der Waals surface area (Å²) in [6, 6.07) is 6.50. The second-order valence-corrected chi connectivity index (χ2v) is 10.9. The van der Waals surface area contributed by atoms with Gasteiger partial charge in [-0.2, -0.15) is 0 Å². The quantitative estimate of drug-likeness (QED) is 0.469. The van der Waals surface area contributed by atoms with Crippen LogP contribution in [-0.2, 0) is 20.8 Å². The number of carbonyl (C=O) groups excluding carboxylic acids is 3. The van der Waals surface area contributed by atoms with Crippen molar-refractivity contribution in [2.75, 3.05) is 13.6 Å². The number of aliphatic imine (C=N–C) groups is 1. The van der Waals surface area contributed by atoms with Crippen LogP contribution in [0.3, 0.4) is 0 Å². The minimum absolute atomic E-state index is 0.0477. The van der Waals surface area contributed by atoms with Crippen LogP contribution in [0.1, 0.15) is 82.4 Å². The van der Waals surface area contributed by atoms with Gasteiger partial charge >= 0.3 is 0 Å². The summed E-state index contributed by atoms with van der Waals surface area (Å²) in [4.78, 5) is 46.9. The predicted molar refractivity (Wildman–Crippen MR) is 145 cm³/mol. The van der Waals surface area contributed by atoms with Crippen LogP contribution >= 0.6 is 0 Å². The van der Waals surface area contributed by atoms with E-state index in [1.807, 2.05) is 19.1 Å². The molecule has 1 saturated heterocycles. The maximum absolute atomic E-state index is 14.1. The number of rotatable bonds is 8. The number of amides is 3. The molecule has 1 saturated carbocycles. The molecule has 0 bridgehead atoms. The lowest BCUT2D eigenvalue weighted by atomic mass is 9.83. The van der Waals surface area contributed by atoms with Crippen LogP contribution in [0.25, 0.3) is 0 Å². The monoisotopic (exact) mass is 509 g/mol. The van der Waals surface area contributed by atoms with Crippen LogP contribution in [0.2, 0.25) is 0 Å². The molecule has 3 N–H and O–H groups in total. The molecule has 2 aliphatic carbocycles. The number of likely N-dealkylation sites (tertiary alicyclic amines) is 1. The first kappa shape index (κ1) is 27.3. The lowest BCUT2D eigenvalue weighted by Gasteiger charge is -2.35. The van der Waals surface area contributed by atoms with Crippen LogP contribution in [0, 0.1) is 5.92 Å². The molecule has 37 heavy (non-hydrogen) atoms. The smallest absolute Gasteiger partial charge is 0.246 e. The zero-order chi connectivity index (χ0) is 26.4. The van der Waals surface area contributed by atoms with E-state index in [1.165, 1.54) is 11.1 Å². The third-order valence-electron chi connectivity index (χ3n) is 8.42. The zero-order valence-electron chi connectivity index (χ0n) is 22.5. The number of carbonyl (C=O) groups is 3. The third-order valence-corrected chi connectivity index (χ3v) is 8.42. The van der Waals surface area contributed by atoms with Crippen LogP contribution < -0.4 is 16.0 Å². The Morgan fingerprint density at radius 2 is 1.84 bits per heavy atom. The molecule has 2 fully saturated rings. The molecule has 4 rings (SSSR count). The van der Waals surface area contributed by atoms with Crippen LogP contribution in [0.5, 0.6) is 0 Å². The van der Waals surface area contributed by atoms with E-state index in [0.717, 1.165) is 51.4 Å². The summed E-state index contributed by atoms with van der Waals surface area (Å²) >= 11 is 0. The van der Waals surface area contributed by atoms with Gasteiger partial charge in [-0.3, -0.25) is 19.4 Å². The second kappa shape index (κ2) is 12.7. The van der Waals surface area contributed by atoms with Crippen molar-refractivity contribution in [3.05, 3.63) is 35.4 Å². The van der Waals surface area contributed by atoms with Crippen LogP contribution in [0.4, 0.5) is 0 Å². The standard InChI is InChI=1S/C29H43N5O3/c1-4-31-22-17-25(28(36)32-24-16-10-14-20-11-8-9-15-23(20)24)34(18-22)29(37)26(21-12-6-5-7-13-21)33-27(35)19(2)30-3/h4,8-9,11,15,19,21-22,24-26,30H,5-7,10,12-14,16-18H2,1-3H3,(H,32,36)(H,33,35)/t19-,22?,24+,25-,26-/m0/s1. The fraction of sp³-hybridized carbons (Fsp3) is 0.655. The fourth-order valence-electron chi connectivity index (χ4n) is 6.23. The van der Waals surface area contributed by atoms with E-state index in [0.29, 0.717) is 13.0 Å². The van der Waals surface area contributed by atoms with Crippen LogP contribution in [0.15, 0.2) is 29.3 Å². The Morgan fingerprint density at radius 1 is 1.08 bits per heavy atom. The molecule has 8 heteroatoms. The lowest BCUT2D eigenvalue weighted by Crippen LogP contribution is -2.58. The zero-order valence-corrected chi connectivity index (χ0v) is 22.5. The van der Waals surface area contributed by atoms with E-state index in [2.05, 4.69) is 33.1 Å². The first-order chi connectivity index (χ1) is 17.9. The summed E-state index contributed by atoms with van der Waals surface area (Å²) in [7, 11) is 1.74. The largest absolute Gasteiger partial charge is 0.347 e. The second-order valence-electron chi connectivity index (χ2n) is 10.9. The average Bonchev–Trinajstić information content (AvgIpc) is 3.35. The normalized spacial score (nSPS) is 25.9. The van der Waals surface area contributed by atoms with E-state index in [1.54, 1.807) is 25.1 Å². The molecule has 1 unspecified atom stereocenters. The number of hydrogen-bond donors (Lipinski definition) is 3. The molecule has 3 amide bonds. The summed E-state index contributed by atoms with van der Waals surface area (Å²) in [6.45, 7) is 4.05. The van der Waals surface area contributed by atoms with Crippen LogP contribution in [-0.4, -0.2) is 66.6 Å². The van der Waals surface area contributed by atoms with Crippen molar-refractivity contribution in [2.24, 2.45) is 10.9 Å². The van der Waals surface area contributed by atoms with Crippen molar-refractivity contribution < 1.29 is 14.4 Å². The van der Waals surface area contributed by atoms with Gasteiger partial charge in [0.15, 0.2) is 0 Å². The molecular formula is C29H43N5O3. The highest BCUT2D eigenvalue weighted by molar-refractivity contribution is 5.94. The minimum Gasteiger partial charge on any atom is -0.347 e. The molecule has 3 aliphatic rings. The molecule has 1 aromatic carbocycles. The molecule has 202 valence electrons. The molecule has 8 nitrogen and oxygen atoms in total. The molecule has 1 aliphatic heterocycles. The van der Waals surface area contributed by atoms with Crippen molar-refractivity contribution >= 4 is 23.9 Å². The predicted octanol–water partition coefficient (Wildman–Crippen LogP) is 2.91. The van der Waals surface area contributed by atoms with E-state index in [9.17, 15) is 14.4 Å². The van der Waals surface area contributed by atoms with Gasteiger partial charge < -0.3 is 20.9 Å². The fourth-order valence-corrected chi connectivity index (χ4v) is 6.23. The van der Waals surface area contributed by atoms with Gasteiger partial charge in [-0.1, -0.05) is 43.5 Å². The Bertz CT molecular complexity index is 990. The number of fused-ring (bicyclic) bond motifs is 1. The van der Waals surface area contributed by atoms with Gasteiger partial charge in [0.1, 0.15) is 12.1 Å². The molecule has 1 aromatic rings. The van der Waals surface area contributed by atoms with Gasteiger partial charge in [-0.05, 0) is 76.3 Å². The number of benzene rings is 1.